The van der Waals surface area contributed by atoms with Crippen LogP contribution in [0.2, 0.25) is 0 Å². The molecule has 2 saturated heterocycles. The van der Waals surface area contributed by atoms with Crippen molar-refractivity contribution in [3.05, 3.63) is 0 Å². The maximum Gasteiger partial charge on any atom is 0.315 e. The van der Waals surface area contributed by atoms with Crippen LogP contribution in [0, 0.1) is 0 Å². The Morgan fingerprint density at radius 2 is 2.00 bits per heavy atom. The summed E-state index contributed by atoms with van der Waals surface area (Å²) in [5, 5.41) is 0. The summed E-state index contributed by atoms with van der Waals surface area (Å²) in [5.41, 5.74) is 5.37. The molecule has 4 nitrogen and oxygen atoms in total. The molecule has 1 unspecified atom stereocenters. The highest BCUT2D eigenvalue weighted by atomic mass is 32.3. The molecule has 2 aliphatic heterocycles. The first-order valence-electron chi connectivity index (χ1n) is 5.77. The molecule has 0 bridgehead atoms. The first-order chi connectivity index (χ1) is 7.22. The fraction of sp³-hybridized carbons (Fsp3) is 0.900. The molecule has 0 aromatic carbocycles. The predicted molar refractivity (Wildman–Crippen MR) is 65.0 cm³/mol. The topological polar surface area (TPSA) is 58.4 Å². The molecular weight excluding hydrogens is 210 g/mol. The van der Waals surface area contributed by atoms with E-state index >= 15 is 0 Å². The van der Waals surface area contributed by atoms with E-state index in [9.17, 15) is 4.79 Å². The van der Waals surface area contributed by atoms with Gasteiger partial charge >= 0.3 is 6.03 Å². The van der Waals surface area contributed by atoms with Crippen molar-refractivity contribution in [2.75, 3.05) is 30.5 Å². The Labute approximate surface area is 93.0 Å². The minimum Gasteiger partial charge on any atom is -0.351 e. The Bertz CT molecular complexity index is 239. The third kappa shape index (κ3) is 2.58. The highest BCUT2D eigenvalue weighted by Gasteiger charge is 2.31. The van der Waals surface area contributed by atoms with Crippen molar-refractivity contribution in [2.45, 2.75) is 25.7 Å². The highest BCUT2D eigenvalue weighted by Crippen LogP contribution is 2.49. The summed E-state index contributed by atoms with van der Waals surface area (Å²) in [7, 11) is -0.754. The lowest BCUT2D eigenvalue weighted by atomic mass is 10.3. The number of carbonyl (C=O) groups excluding carboxylic acids is 1. The van der Waals surface area contributed by atoms with Crippen LogP contribution in [0.1, 0.15) is 25.7 Å². The summed E-state index contributed by atoms with van der Waals surface area (Å²) < 4.78 is 3.72. The van der Waals surface area contributed by atoms with E-state index < -0.39 is 10.2 Å². The molecule has 1 spiro atoms. The Hall–Kier alpha value is -0.420. The molecule has 1 atom stereocenters. The molecule has 0 aliphatic carbocycles. The number of primary amides is 1. The van der Waals surface area contributed by atoms with Crippen LogP contribution in [0.15, 0.2) is 0 Å². The van der Waals surface area contributed by atoms with E-state index in [4.69, 9.17) is 5.73 Å². The third-order valence-electron chi connectivity index (χ3n) is 3.30. The number of nitrogens with one attached hydrogen (secondary N) is 1. The number of hydrogen-bond donors (Lipinski definition) is 2. The van der Waals surface area contributed by atoms with E-state index in [2.05, 4.69) is 4.72 Å². The van der Waals surface area contributed by atoms with Crippen molar-refractivity contribution < 1.29 is 4.79 Å². The van der Waals surface area contributed by atoms with Crippen LogP contribution in [-0.2, 0) is 0 Å². The zero-order chi connectivity index (χ0) is 10.7. The summed E-state index contributed by atoms with van der Waals surface area (Å²) in [6.45, 7) is 1.98. The minimum atomic E-state index is -0.754. The van der Waals surface area contributed by atoms with Gasteiger partial charge in [0, 0.05) is 13.1 Å². The fourth-order valence-electron chi connectivity index (χ4n) is 2.46. The second kappa shape index (κ2) is 4.61. The van der Waals surface area contributed by atoms with Gasteiger partial charge in [0.2, 0.25) is 0 Å². The van der Waals surface area contributed by atoms with Crippen molar-refractivity contribution in [1.29, 1.82) is 0 Å². The Kier molecular flexibility index (Phi) is 3.41. The summed E-state index contributed by atoms with van der Waals surface area (Å²) in [6.07, 6.45) is 5.05. The highest BCUT2D eigenvalue weighted by molar-refractivity contribution is 8.32. The van der Waals surface area contributed by atoms with Gasteiger partial charge in [-0.2, -0.15) is 10.2 Å². The second-order valence-corrected chi connectivity index (χ2v) is 7.95. The Morgan fingerprint density at radius 1 is 1.20 bits per heavy atom. The SMILES string of the molecule is NC(=O)N1CCCS2(CCCCCN2)C1. The Morgan fingerprint density at radius 3 is 2.80 bits per heavy atom. The zero-order valence-corrected chi connectivity index (χ0v) is 10.0. The molecular formula is C10H21N3OS. The van der Waals surface area contributed by atoms with E-state index in [0.29, 0.717) is 0 Å². The fourth-order valence-corrected chi connectivity index (χ4v) is 6.17. The molecule has 0 aromatic heterocycles. The van der Waals surface area contributed by atoms with Crippen LogP contribution in [0.25, 0.3) is 0 Å². The van der Waals surface area contributed by atoms with E-state index in [1.54, 1.807) is 0 Å². The maximum absolute atomic E-state index is 11.2. The number of rotatable bonds is 0. The molecule has 88 valence electrons. The van der Waals surface area contributed by atoms with Crippen molar-refractivity contribution in [3.8, 4) is 0 Å². The number of nitrogens with zero attached hydrogens (tertiary/aromatic N) is 1. The van der Waals surface area contributed by atoms with Gasteiger partial charge in [-0.25, -0.2) is 4.79 Å². The molecule has 2 rings (SSSR count). The average Bonchev–Trinajstić information content (AvgIpc) is 2.44. The molecule has 0 aromatic rings. The normalized spacial score (nSPS) is 36.9. The molecule has 0 radical (unpaired) electrons. The van der Waals surface area contributed by atoms with Gasteiger partial charge in [0.05, 0.1) is 5.88 Å². The number of urea groups is 1. The molecule has 2 aliphatic rings. The molecule has 2 heterocycles. The van der Waals surface area contributed by atoms with Gasteiger partial charge in [-0.05, 0) is 30.8 Å². The molecule has 2 fully saturated rings. The third-order valence-corrected chi connectivity index (χ3v) is 7.06. The molecule has 2 amide bonds. The van der Waals surface area contributed by atoms with Crippen LogP contribution in [0.3, 0.4) is 0 Å². The van der Waals surface area contributed by atoms with Gasteiger partial charge in [0.15, 0.2) is 0 Å². The largest absolute Gasteiger partial charge is 0.351 e. The van der Waals surface area contributed by atoms with E-state index in [1.807, 2.05) is 4.90 Å². The van der Waals surface area contributed by atoms with Gasteiger partial charge in [-0.1, -0.05) is 6.42 Å². The molecule has 5 heteroatoms. The summed E-state index contributed by atoms with van der Waals surface area (Å²) in [5.74, 6) is 3.44. The second-order valence-electron chi connectivity index (χ2n) is 4.49. The maximum atomic E-state index is 11.2. The predicted octanol–water partition coefficient (Wildman–Crippen LogP) is 1.22. The van der Waals surface area contributed by atoms with Crippen LogP contribution in [-0.4, -0.2) is 41.4 Å². The van der Waals surface area contributed by atoms with E-state index in [-0.39, 0.29) is 6.03 Å². The van der Waals surface area contributed by atoms with Gasteiger partial charge in [0.25, 0.3) is 0 Å². The minimum absolute atomic E-state index is 0.243. The first kappa shape index (κ1) is 11.1. The van der Waals surface area contributed by atoms with E-state index in [0.717, 1.165) is 25.4 Å². The lowest BCUT2D eigenvalue weighted by Crippen LogP contribution is -2.47. The summed E-state index contributed by atoms with van der Waals surface area (Å²) in [6, 6.07) is -0.243. The summed E-state index contributed by atoms with van der Waals surface area (Å²) >= 11 is 0. The zero-order valence-electron chi connectivity index (χ0n) is 9.21. The molecule has 3 N–H and O–H groups in total. The number of nitrogens with two attached hydrogens (primary N) is 1. The van der Waals surface area contributed by atoms with Crippen LogP contribution < -0.4 is 10.5 Å². The van der Waals surface area contributed by atoms with Crippen LogP contribution in [0.4, 0.5) is 4.79 Å². The van der Waals surface area contributed by atoms with Crippen molar-refractivity contribution in [2.24, 2.45) is 5.73 Å². The van der Waals surface area contributed by atoms with Crippen LogP contribution in [0.5, 0.6) is 0 Å². The number of carbonyl (C=O) groups is 1. The van der Waals surface area contributed by atoms with Crippen molar-refractivity contribution in [3.63, 3.8) is 0 Å². The molecule has 15 heavy (non-hydrogen) atoms. The lowest BCUT2D eigenvalue weighted by Gasteiger charge is -2.47. The van der Waals surface area contributed by atoms with Crippen molar-refractivity contribution >= 4 is 16.2 Å². The standard InChI is InChI=1S/C10H21N3OS/c11-10(14)13-6-4-8-15(9-13)7-3-1-2-5-12-15/h12H,1-9H2,(H2,11,14). The van der Waals surface area contributed by atoms with Crippen LogP contribution >= 0.6 is 10.2 Å². The van der Waals surface area contributed by atoms with Crippen molar-refractivity contribution in [1.82, 2.24) is 9.62 Å². The van der Waals surface area contributed by atoms with E-state index in [1.165, 1.54) is 30.8 Å². The van der Waals surface area contributed by atoms with Gasteiger partial charge in [-0.3, -0.25) is 4.72 Å². The lowest BCUT2D eigenvalue weighted by molar-refractivity contribution is 0.214. The van der Waals surface area contributed by atoms with Gasteiger partial charge in [0.1, 0.15) is 0 Å². The van der Waals surface area contributed by atoms with Gasteiger partial charge < -0.3 is 10.6 Å². The number of amides is 2. The number of hydrogen-bond acceptors (Lipinski definition) is 2. The quantitative estimate of drug-likeness (QED) is 0.658. The molecule has 0 saturated carbocycles. The van der Waals surface area contributed by atoms with Gasteiger partial charge in [-0.15, -0.1) is 0 Å². The first-order valence-corrected chi connectivity index (χ1v) is 7.91. The monoisotopic (exact) mass is 231 g/mol. The average molecular weight is 231 g/mol. The Balaban J connectivity index is 2.02. The smallest absolute Gasteiger partial charge is 0.315 e. The summed E-state index contributed by atoms with van der Waals surface area (Å²) in [4.78, 5) is 13.0.